The molecule has 1 N–H and O–H groups in total. The first-order valence-corrected chi connectivity index (χ1v) is 14.5. The van der Waals surface area contributed by atoms with Crippen molar-refractivity contribution in [1.82, 2.24) is 4.90 Å². The molecule has 212 valence electrons. The first-order valence-electron chi connectivity index (χ1n) is 14.1. The van der Waals surface area contributed by atoms with Crippen LogP contribution in [0.1, 0.15) is 43.4 Å². The van der Waals surface area contributed by atoms with Crippen molar-refractivity contribution >= 4 is 40.8 Å². The van der Waals surface area contributed by atoms with Gasteiger partial charge in [0, 0.05) is 28.0 Å². The zero-order valence-electron chi connectivity index (χ0n) is 23.1. The highest BCUT2D eigenvalue weighted by Gasteiger charge is 2.70. The molecule has 3 heterocycles. The Morgan fingerprint density at radius 3 is 2.35 bits per heavy atom. The quantitative estimate of drug-likeness (QED) is 0.189. The molecule has 0 saturated carbocycles. The number of ether oxygens (including phenoxy) is 1. The van der Waals surface area contributed by atoms with Gasteiger partial charge >= 0.3 is 0 Å². The fourth-order valence-corrected chi connectivity index (χ4v) is 7.13. The van der Waals surface area contributed by atoms with Crippen LogP contribution in [-0.4, -0.2) is 35.0 Å². The lowest BCUT2D eigenvalue weighted by Crippen LogP contribution is -2.49. The maximum Gasteiger partial charge on any atom is 0.238 e. The number of rotatable bonds is 7. The SMILES string of the molecule is C=CCOc1ccc(C(=O)[C@H]2[C@@H](C(=O)c3ccc(Cl)cc3)N3C=Cc4ccccc4[C@@H]3[C@]23C(=O)Nc2ccccc23)cc1. The molecule has 3 aliphatic heterocycles. The first-order chi connectivity index (χ1) is 20.9. The van der Waals surface area contributed by atoms with Crippen LogP contribution in [0.3, 0.4) is 0 Å². The molecular weight excluding hydrogens is 560 g/mol. The van der Waals surface area contributed by atoms with Gasteiger partial charge in [0.1, 0.15) is 23.8 Å². The highest BCUT2D eigenvalue weighted by molar-refractivity contribution is 6.30. The molecule has 1 saturated heterocycles. The highest BCUT2D eigenvalue weighted by Crippen LogP contribution is 2.62. The predicted octanol–water partition coefficient (Wildman–Crippen LogP) is 6.89. The Balaban J connectivity index is 1.47. The number of fused-ring (bicyclic) bond motifs is 6. The Labute approximate surface area is 254 Å². The Hall–Kier alpha value is -4.94. The summed E-state index contributed by atoms with van der Waals surface area (Å²) < 4.78 is 5.64. The van der Waals surface area contributed by atoms with Crippen molar-refractivity contribution in [3.63, 3.8) is 0 Å². The van der Waals surface area contributed by atoms with Gasteiger partial charge in [-0.1, -0.05) is 66.7 Å². The fraction of sp³-hybridized carbons (Fsp3) is 0.139. The van der Waals surface area contributed by atoms with Crippen LogP contribution in [0.5, 0.6) is 5.75 Å². The maximum atomic E-state index is 14.9. The number of para-hydroxylation sites is 1. The van der Waals surface area contributed by atoms with E-state index >= 15 is 0 Å². The Morgan fingerprint density at radius 1 is 0.907 bits per heavy atom. The smallest absolute Gasteiger partial charge is 0.238 e. The lowest BCUT2D eigenvalue weighted by atomic mass is 9.62. The fourth-order valence-electron chi connectivity index (χ4n) is 7.00. The van der Waals surface area contributed by atoms with Crippen LogP contribution in [0.4, 0.5) is 5.69 Å². The van der Waals surface area contributed by atoms with Crippen LogP contribution in [0.2, 0.25) is 5.02 Å². The second-order valence-electron chi connectivity index (χ2n) is 10.9. The number of anilines is 1. The lowest BCUT2D eigenvalue weighted by molar-refractivity contribution is -0.122. The molecule has 1 fully saturated rings. The number of benzene rings is 4. The normalized spacial score (nSPS) is 22.9. The van der Waals surface area contributed by atoms with E-state index in [4.69, 9.17) is 16.3 Å². The van der Waals surface area contributed by atoms with Crippen molar-refractivity contribution in [2.45, 2.75) is 17.5 Å². The van der Waals surface area contributed by atoms with Crippen molar-refractivity contribution in [3.05, 3.63) is 149 Å². The molecular formula is C36H27ClN2O4. The molecule has 4 aromatic rings. The Bertz CT molecular complexity index is 1810. The standard InChI is InChI=1S/C36H27ClN2O4/c1-2-21-43-26-17-13-23(14-18-26)32(40)30-31(33(41)24-11-15-25(37)16-12-24)39-20-19-22-7-3-4-8-27(22)34(39)36(30)28-9-5-6-10-29(28)38-35(36)42/h2-20,30-31,34H,1,21H2,(H,38,42)/t30-,31+,34-,36-/m1/s1. The maximum absolute atomic E-state index is 14.9. The van der Waals surface area contributed by atoms with E-state index in [1.54, 1.807) is 54.6 Å². The summed E-state index contributed by atoms with van der Waals surface area (Å²) in [5.41, 5.74) is 2.58. The van der Waals surface area contributed by atoms with Crippen molar-refractivity contribution in [2.75, 3.05) is 11.9 Å². The van der Waals surface area contributed by atoms with Gasteiger partial charge in [0.2, 0.25) is 5.91 Å². The second kappa shape index (κ2) is 10.4. The number of carbonyl (C=O) groups excluding carboxylic acids is 3. The highest BCUT2D eigenvalue weighted by atomic mass is 35.5. The van der Waals surface area contributed by atoms with E-state index in [0.29, 0.717) is 39.8 Å². The molecule has 0 bridgehead atoms. The third-order valence-electron chi connectivity index (χ3n) is 8.76. The molecule has 7 heteroatoms. The molecule has 0 unspecified atom stereocenters. The Morgan fingerprint density at radius 2 is 1.58 bits per heavy atom. The van der Waals surface area contributed by atoms with Crippen LogP contribution in [0.25, 0.3) is 6.08 Å². The van der Waals surface area contributed by atoms with Crippen molar-refractivity contribution in [3.8, 4) is 5.75 Å². The number of Topliss-reactive ketones (excluding diaryl/α,β-unsaturated/α-hetero) is 2. The average Bonchev–Trinajstić information content (AvgIpc) is 3.52. The van der Waals surface area contributed by atoms with Crippen LogP contribution >= 0.6 is 11.6 Å². The van der Waals surface area contributed by atoms with Crippen LogP contribution in [0, 0.1) is 5.92 Å². The minimum absolute atomic E-state index is 0.260. The summed E-state index contributed by atoms with van der Waals surface area (Å²) in [7, 11) is 0. The zero-order valence-corrected chi connectivity index (χ0v) is 23.8. The number of ketones is 2. The van der Waals surface area contributed by atoms with E-state index < -0.39 is 23.4 Å². The lowest BCUT2D eigenvalue weighted by Gasteiger charge is -2.38. The summed E-state index contributed by atoms with van der Waals surface area (Å²) in [5.74, 6) is -1.33. The Kier molecular flexibility index (Phi) is 6.51. The van der Waals surface area contributed by atoms with E-state index in [1.807, 2.05) is 65.7 Å². The molecule has 0 radical (unpaired) electrons. The van der Waals surface area contributed by atoms with Crippen molar-refractivity contribution < 1.29 is 19.1 Å². The van der Waals surface area contributed by atoms with Crippen LogP contribution in [0.15, 0.2) is 116 Å². The molecule has 4 atom stereocenters. The first kappa shape index (κ1) is 26.9. The predicted molar refractivity (Wildman–Crippen MR) is 166 cm³/mol. The topological polar surface area (TPSA) is 75.7 Å². The number of amides is 1. The largest absolute Gasteiger partial charge is 0.490 e. The van der Waals surface area contributed by atoms with Gasteiger partial charge in [-0.15, -0.1) is 0 Å². The van der Waals surface area contributed by atoms with Gasteiger partial charge in [-0.25, -0.2) is 0 Å². The summed E-state index contributed by atoms with van der Waals surface area (Å²) >= 11 is 6.16. The summed E-state index contributed by atoms with van der Waals surface area (Å²) in [5, 5.41) is 3.57. The van der Waals surface area contributed by atoms with Crippen molar-refractivity contribution in [1.29, 1.82) is 0 Å². The van der Waals surface area contributed by atoms with E-state index in [-0.39, 0.29) is 17.5 Å². The minimum atomic E-state index is -1.39. The minimum Gasteiger partial charge on any atom is -0.490 e. The van der Waals surface area contributed by atoms with E-state index in [9.17, 15) is 14.4 Å². The number of carbonyl (C=O) groups is 3. The number of nitrogens with one attached hydrogen (secondary N) is 1. The van der Waals surface area contributed by atoms with Gasteiger partial charge in [0.15, 0.2) is 11.6 Å². The van der Waals surface area contributed by atoms with Gasteiger partial charge in [0.25, 0.3) is 0 Å². The van der Waals surface area contributed by atoms with Crippen LogP contribution in [-0.2, 0) is 10.2 Å². The van der Waals surface area contributed by atoms with Gasteiger partial charge in [-0.05, 0) is 77.4 Å². The molecule has 43 heavy (non-hydrogen) atoms. The molecule has 1 amide bonds. The monoisotopic (exact) mass is 586 g/mol. The molecule has 1 spiro atoms. The summed E-state index contributed by atoms with van der Waals surface area (Å²) in [6.45, 7) is 4.01. The molecule has 6 nitrogen and oxygen atoms in total. The number of nitrogens with zero attached hydrogens (tertiary/aromatic N) is 1. The molecule has 3 aliphatic rings. The summed E-state index contributed by atoms with van der Waals surface area (Å²) in [4.78, 5) is 45.9. The average molecular weight is 587 g/mol. The zero-order chi connectivity index (χ0) is 29.7. The number of hydrogen-bond donors (Lipinski definition) is 1. The van der Waals surface area contributed by atoms with Crippen molar-refractivity contribution in [2.24, 2.45) is 5.92 Å². The van der Waals surface area contributed by atoms with Crippen LogP contribution < -0.4 is 10.1 Å². The van der Waals surface area contributed by atoms with E-state index in [2.05, 4.69) is 11.9 Å². The molecule has 4 aromatic carbocycles. The molecule has 7 rings (SSSR count). The molecule has 0 aliphatic carbocycles. The van der Waals surface area contributed by atoms with Gasteiger partial charge in [-0.3, -0.25) is 14.4 Å². The number of hydrogen-bond acceptors (Lipinski definition) is 5. The summed E-state index contributed by atoms with van der Waals surface area (Å²) in [6.07, 6.45) is 5.45. The van der Waals surface area contributed by atoms with Gasteiger partial charge in [-0.2, -0.15) is 0 Å². The second-order valence-corrected chi connectivity index (χ2v) is 11.4. The van der Waals surface area contributed by atoms with E-state index in [1.165, 1.54) is 0 Å². The molecule has 0 aromatic heterocycles. The van der Waals surface area contributed by atoms with E-state index in [0.717, 1.165) is 11.1 Å². The summed E-state index contributed by atoms with van der Waals surface area (Å²) in [6, 6.07) is 27.2. The van der Waals surface area contributed by atoms with Gasteiger partial charge < -0.3 is 15.0 Å². The third kappa shape index (κ3) is 4.05. The van der Waals surface area contributed by atoms with Gasteiger partial charge in [0.05, 0.1) is 12.0 Å². The third-order valence-corrected chi connectivity index (χ3v) is 9.01. The number of halogens is 1.